The van der Waals surface area contributed by atoms with Gasteiger partial charge in [0.15, 0.2) is 0 Å². The summed E-state index contributed by atoms with van der Waals surface area (Å²) in [5, 5.41) is 2.89. The summed E-state index contributed by atoms with van der Waals surface area (Å²) in [4.78, 5) is 14.1. The standard InChI is InChI=1S/C18H19FN2O/c19-16-9-3-1-6-14(16)11-12-20-18(22)21-13-5-8-15-7-2-4-10-17(15)21/h1-4,6-7,9-10H,5,8,11-13H2,(H,20,22). The second-order valence-electron chi connectivity index (χ2n) is 5.46. The number of nitrogens with zero attached hydrogens (tertiary/aromatic N) is 1. The molecule has 0 radical (unpaired) electrons. The molecule has 3 nitrogen and oxygen atoms in total. The van der Waals surface area contributed by atoms with Crippen LogP contribution in [0.2, 0.25) is 0 Å². The van der Waals surface area contributed by atoms with E-state index in [0.29, 0.717) is 18.5 Å². The highest BCUT2D eigenvalue weighted by atomic mass is 19.1. The first kappa shape index (κ1) is 14.6. The van der Waals surface area contributed by atoms with E-state index in [0.717, 1.165) is 25.1 Å². The van der Waals surface area contributed by atoms with Gasteiger partial charge in [-0.1, -0.05) is 36.4 Å². The van der Waals surface area contributed by atoms with E-state index in [1.807, 2.05) is 18.2 Å². The van der Waals surface area contributed by atoms with Gasteiger partial charge < -0.3 is 5.32 Å². The number of urea groups is 1. The lowest BCUT2D eigenvalue weighted by atomic mass is 10.0. The fourth-order valence-electron chi connectivity index (χ4n) is 2.85. The minimum Gasteiger partial charge on any atom is -0.337 e. The van der Waals surface area contributed by atoms with Gasteiger partial charge in [-0.3, -0.25) is 4.90 Å². The quantitative estimate of drug-likeness (QED) is 0.923. The largest absolute Gasteiger partial charge is 0.337 e. The fraction of sp³-hybridized carbons (Fsp3) is 0.278. The van der Waals surface area contributed by atoms with E-state index >= 15 is 0 Å². The predicted octanol–water partition coefficient (Wildman–Crippen LogP) is 3.53. The topological polar surface area (TPSA) is 32.3 Å². The molecule has 2 aromatic carbocycles. The van der Waals surface area contributed by atoms with E-state index in [1.54, 1.807) is 23.1 Å². The molecule has 2 amide bonds. The SMILES string of the molecule is O=C(NCCc1ccccc1F)N1CCCc2ccccc21. The fourth-order valence-corrected chi connectivity index (χ4v) is 2.85. The highest BCUT2D eigenvalue weighted by Crippen LogP contribution is 2.26. The molecule has 0 saturated heterocycles. The third-order valence-electron chi connectivity index (χ3n) is 3.98. The van der Waals surface area contributed by atoms with Gasteiger partial charge in [0.05, 0.1) is 0 Å². The third kappa shape index (κ3) is 3.11. The maximum absolute atomic E-state index is 13.5. The summed E-state index contributed by atoms with van der Waals surface area (Å²) in [6.45, 7) is 1.15. The molecule has 3 rings (SSSR count). The van der Waals surface area contributed by atoms with Crippen molar-refractivity contribution < 1.29 is 9.18 Å². The van der Waals surface area contributed by atoms with E-state index in [4.69, 9.17) is 0 Å². The Morgan fingerprint density at radius 2 is 1.91 bits per heavy atom. The molecule has 0 saturated carbocycles. The number of hydrogen-bond donors (Lipinski definition) is 1. The summed E-state index contributed by atoms with van der Waals surface area (Å²) in [5.74, 6) is -0.222. The van der Waals surface area contributed by atoms with Crippen molar-refractivity contribution in [2.24, 2.45) is 0 Å². The lowest BCUT2D eigenvalue weighted by Crippen LogP contribution is -2.43. The van der Waals surface area contributed by atoms with Crippen molar-refractivity contribution in [1.29, 1.82) is 0 Å². The average Bonchev–Trinajstić information content (AvgIpc) is 2.56. The van der Waals surface area contributed by atoms with Gasteiger partial charge in [-0.05, 0) is 42.5 Å². The number of fused-ring (bicyclic) bond motifs is 1. The maximum atomic E-state index is 13.5. The molecule has 0 unspecified atom stereocenters. The van der Waals surface area contributed by atoms with Crippen molar-refractivity contribution in [1.82, 2.24) is 5.32 Å². The Bertz CT molecular complexity index is 672. The third-order valence-corrected chi connectivity index (χ3v) is 3.98. The number of benzene rings is 2. The van der Waals surface area contributed by atoms with Crippen LogP contribution in [0.15, 0.2) is 48.5 Å². The minimum absolute atomic E-state index is 0.108. The molecule has 0 fully saturated rings. The second-order valence-corrected chi connectivity index (χ2v) is 5.46. The van der Waals surface area contributed by atoms with Crippen molar-refractivity contribution in [2.45, 2.75) is 19.3 Å². The van der Waals surface area contributed by atoms with Gasteiger partial charge in [-0.15, -0.1) is 0 Å². The molecule has 0 spiro atoms. The van der Waals surface area contributed by atoms with Crippen molar-refractivity contribution in [3.8, 4) is 0 Å². The van der Waals surface area contributed by atoms with Crippen LogP contribution in [0.5, 0.6) is 0 Å². The van der Waals surface area contributed by atoms with Gasteiger partial charge in [0.2, 0.25) is 0 Å². The van der Waals surface area contributed by atoms with Gasteiger partial charge in [0.1, 0.15) is 5.82 Å². The number of anilines is 1. The van der Waals surface area contributed by atoms with Crippen LogP contribution in [0, 0.1) is 5.82 Å². The smallest absolute Gasteiger partial charge is 0.321 e. The molecular formula is C18H19FN2O. The van der Waals surface area contributed by atoms with Crippen molar-refractivity contribution in [3.63, 3.8) is 0 Å². The van der Waals surface area contributed by atoms with Crippen molar-refractivity contribution >= 4 is 11.7 Å². The van der Waals surface area contributed by atoms with Crippen molar-refractivity contribution in [2.75, 3.05) is 18.0 Å². The number of rotatable bonds is 3. The number of nitrogens with one attached hydrogen (secondary N) is 1. The zero-order valence-corrected chi connectivity index (χ0v) is 12.4. The summed E-state index contributed by atoms with van der Waals surface area (Å²) in [6.07, 6.45) is 2.47. The van der Waals surface area contributed by atoms with Crippen LogP contribution in [0.4, 0.5) is 14.9 Å². The van der Waals surface area contributed by atoms with E-state index in [-0.39, 0.29) is 11.8 Å². The monoisotopic (exact) mass is 298 g/mol. The van der Waals surface area contributed by atoms with Crippen LogP contribution in [0.3, 0.4) is 0 Å². The van der Waals surface area contributed by atoms with Crippen LogP contribution in [0.25, 0.3) is 0 Å². The zero-order chi connectivity index (χ0) is 15.4. The normalized spacial score (nSPS) is 13.6. The number of halogens is 1. The summed E-state index contributed by atoms with van der Waals surface area (Å²) >= 11 is 0. The maximum Gasteiger partial charge on any atom is 0.321 e. The average molecular weight is 298 g/mol. The molecule has 4 heteroatoms. The van der Waals surface area contributed by atoms with Crippen molar-refractivity contribution in [3.05, 3.63) is 65.5 Å². The first-order chi connectivity index (χ1) is 10.8. The Balaban J connectivity index is 1.60. The van der Waals surface area contributed by atoms with Gasteiger partial charge in [0.25, 0.3) is 0 Å². The Morgan fingerprint density at radius 1 is 1.14 bits per heavy atom. The summed E-state index contributed by atoms with van der Waals surface area (Å²) in [7, 11) is 0. The van der Waals surface area contributed by atoms with Crippen LogP contribution < -0.4 is 10.2 Å². The Labute approximate surface area is 129 Å². The molecule has 0 aromatic heterocycles. The molecule has 0 aliphatic carbocycles. The molecule has 2 aromatic rings. The number of carbonyl (C=O) groups excluding carboxylic acids is 1. The molecule has 0 bridgehead atoms. The molecule has 1 aliphatic rings. The van der Waals surface area contributed by atoms with E-state index < -0.39 is 0 Å². The Kier molecular flexibility index (Phi) is 4.37. The van der Waals surface area contributed by atoms with Crippen LogP contribution in [0.1, 0.15) is 17.5 Å². The number of para-hydroxylation sites is 1. The molecule has 1 heterocycles. The van der Waals surface area contributed by atoms with Gasteiger partial charge >= 0.3 is 6.03 Å². The molecule has 114 valence electrons. The predicted molar refractivity (Wildman–Crippen MR) is 85.6 cm³/mol. The number of amides is 2. The van der Waals surface area contributed by atoms with Crippen LogP contribution in [-0.2, 0) is 12.8 Å². The van der Waals surface area contributed by atoms with Gasteiger partial charge in [0, 0.05) is 18.8 Å². The van der Waals surface area contributed by atoms with E-state index in [9.17, 15) is 9.18 Å². The Hall–Kier alpha value is -2.36. The van der Waals surface area contributed by atoms with Crippen LogP contribution in [-0.4, -0.2) is 19.1 Å². The Morgan fingerprint density at radius 3 is 2.77 bits per heavy atom. The van der Waals surface area contributed by atoms with E-state index in [2.05, 4.69) is 11.4 Å². The minimum atomic E-state index is -0.222. The summed E-state index contributed by atoms with van der Waals surface area (Å²) in [6, 6.07) is 14.5. The second kappa shape index (κ2) is 6.60. The highest BCUT2D eigenvalue weighted by Gasteiger charge is 2.21. The number of hydrogen-bond acceptors (Lipinski definition) is 1. The van der Waals surface area contributed by atoms with E-state index in [1.165, 1.54) is 11.6 Å². The van der Waals surface area contributed by atoms with Gasteiger partial charge in [-0.2, -0.15) is 0 Å². The first-order valence-corrected chi connectivity index (χ1v) is 7.62. The highest BCUT2D eigenvalue weighted by molar-refractivity contribution is 5.93. The zero-order valence-electron chi connectivity index (χ0n) is 12.4. The molecule has 0 atom stereocenters. The molecule has 1 N–H and O–H groups in total. The lowest BCUT2D eigenvalue weighted by Gasteiger charge is -2.29. The number of carbonyl (C=O) groups is 1. The summed E-state index contributed by atoms with van der Waals surface area (Å²) < 4.78 is 13.5. The molecular weight excluding hydrogens is 279 g/mol. The van der Waals surface area contributed by atoms with Crippen LogP contribution >= 0.6 is 0 Å². The van der Waals surface area contributed by atoms with Gasteiger partial charge in [-0.25, -0.2) is 9.18 Å². The summed E-state index contributed by atoms with van der Waals surface area (Å²) in [5.41, 5.74) is 2.82. The molecule has 1 aliphatic heterocycles. The first-order valence-electron chi connectivity index (χ1n) is 7.62. The number of aryl methyl sites for hydroxylation is 1. The molecule has 22 heavy (non-hydrogen) atoms. The lowest BCUT2D eigenvalue weighted by molar-refractivity contribution is 0.246.